The number of ether oxygens (including phenoxy) is 2. The summed E-state index contributed by atoms with van der Waals surface area (Å²) in [6.07, 6.45) is 0.827. The van der Waals surface area contributed by atoms with E-state index in [9.17, 15) is 4.79 Å². The number of rotatable bonds is 5. The Bertz CT molecular complexity index is 484. The van der Waals surface area contributed by atoms with Crippen LogP contribution in [0.15, 0.2) is 18.2 Å². The molecule has 1 atom stereocenters. The third-order valence-electron chi connectivity index (χ3n) is 3.11. The van der Waals surface area contributed by atoms with Crippen molar-refractivity contribution in [2.45, 2.75) is 31.9 Å². The van der Waals surface area contributed by atoms with Crippen LogP contribution >= 0.6 is 0 Å². The maximum absolute atomic E-state index is 10.9. The van der Waals surface area contributed by atoms with E-state index < -0.39 is 12.0 Å². The zero-order valence-electron chi connectivity index (χ0n) is 11.4. The van der Waals surface area contributed by atoms with Crippen molar-refractivity contribution < 1.29 is 19.4 Å². The first kappa shape index (κ1) is 13.7. The van der Waals surface area contributed by atoms with Crippen molar-refractivity contribution in [3.8, 4) is 11.5 Å². The highest BCUT2D eigenvalue weighted by atomic mass is 16.5. The van der Waals surface area contributed by atoms with Gasteiger partial charge in [-0.05, 0) is 27.0 Å². The van der Waals surface area contributed by atoms with Gasteiger partial charge in [0.15, 0.2) is 11.5 Å². The zero-order chi connectivity index (χ0) is 14.0. The second-order valence-electron chi connectivity index (χ2n) is 5.27. The van der Waals surface area contributed by atoms with Crippen LogP contribution < -0.4 is 14.8 Å². The van der Waals surface area contributed by atoms with Crippen LogP contribution in [0, 0.1) is 0 Å². The van der Waals surface area contributed by atoms with Crippen LogP contribution in [-0.4, -0.2) is 36.4 Å². The highest BCUT2D eigenvalue weighted by Crippen LogP contribution is 2.41. The van der Waals surface area contributed by atoms with Gasteiger partial charge >= 0.3 is 5.97 Å². The Labute approximate surface area is 112 Å². The van der Waals surface area contributed by atoms with Gasteiger partial charge < -0.3 is 19.9 Å². The summed E-state index contributed by atoms with van der Waals surface area (Å²) in [5.41, 5.74) is 0.857. The van der Waals surface area contributed by atoms with E-state index in [4.69, 9.17) is 14.6 Å². The Morgan fingerprint density at radius 2 is 2.32 bits per heavy atom. The normalized spacial score (nSPS) is 17.4. The smallest absolute Gasteiger partial charge is 0.324 e. The van der Waals surface area contributed by atoms with Crippen LogP contribution in [0.3, 0.4) is 0 Å². The fourth-order valence-corrected chi connectivity index (χ4v) is 2.15. The number of carboxylic acids is 1. The largest absolute Gasteiger partial charge is 0.487 e. The Morgan fingerprint density at radius 3 is 2.95 bits per heavy atom. The molecule has 104 valence electrons. The summed E-state index contributed by atoms with van der Waals surface area (Å²) < 4.78 is 11.4. The molecular formula is C14H19NO4. The predicted molar refractivity (Wildman–Crippen MR) is 70.8 cm³/mol. The van der Waals surface area contributed by atoms with Crippen molar-refractivity contribution in [3.63, 3.8) is 0 Å². The minimum atomic E-state index is -0.934. The summed E-state index contributed by atoms with van der Waals surface area (Å²) >= 11 is 0. The Balaban J connectivity index is 2.11. The van der Waals surface area contributed by atoms with Gasteiger partial charge in [0.2, 0.25) is 0 Å². The molecule has 0 saturated carbocycles. The van der Waals surface area contributed by atoms with Crippen molar-refractivity contribution in [3.05, 3.63) is 23.8 Å². The van der Waals surface area contributed by atoms with Gasteiger partial charge in [-0.15, -0.1) is 0 Å². The van der Waals surface area contributed by atoms with Gasteiger partial charge in [0.25, 0.3) is 0 Å². The predicted octanol–water partition coefficient (Wildman–Crippen LogP) is 1.45. The zero-order valence-corrected chi connectivity index (χ0v) is 11.4. The molecule has 1 aromatic rings. The van der Waals surface area contributed by atoms with E-state index in [1.165, 1.54) is 0 Å². The highest BCUT2D eigenvalue weighted by molar-refractivity contribution is 5.73. The summed E-state index contributed by atoms with van der Waals surface area (Å²) in [7, 11) is 1.59. The van der Waals surface area contributed by atoms with Gasteiger partial charge in [-0.3, -0.25) is 4.79 Å². The molecule has 1 aliphatic rings. The molecule has 0 aromatic heterocycles. The molecule has 1 unspecified atom stereocenters. The fourth-order valence-electron chi connectivity index (χ4n) is 2.15. The lowest BCUT2D eigenvalue weighted by Crippen LogP contribution is -2.39. The molecule has 0 aliphatic carbocycles. The minimum absolute atomic E-state index is 0.0616. The first-order valence-corrected chi connectivity index (χ1v) is 6.27. The SMILES string of the molecule is CNC(COc1cccc2c1OC(C)(C)C2)C(=O)O. The molecule has 0 amide bonds. The molecular weight excluding hydrogens is 246 g/mol. The summed E-state index contributed by atoms with van der Waals surface area (Å²) in [6, 6.07) is 4.97. The quantitative estimate of drug-likeness (QED) is 0.843. The number of carboxylic acid groups (broad SMARTS) is 1. The molecule has 1 aliphatic heterocycles. The van der Waals surface area contributed by atoms with Crippen LogP contribution in [0.2, 0.25) is 0 Å². The van der Waals surface area contributed by atoms with E-state index in [1.807, 2.05) is 26.0 Å². The molecule has 0 bridgehead atoms. The number of nitrogens with one attached hydrogen (secondary N) is 1. The number of benzene rings is 1. The number of hydrogen-bond acceptors (Lipinski definition) is 4. The van der Waals surface area contributed by atoms with Crippen molar-refractivity contribution in [1.29, 1.82) is 0 Å². The third kappa shape index (κ3) is 2.98. The number of aliphatic carboxylic acids is 1. The topological polar surface area (TPSA) is 67.8 Å². The van der Waals surface area contributed by atoms with Crippen molar-refractivity contribution in [2.75, 3.05) is 13.7 Å². The van der Waals surface area contributed by atoms with E-state index in [-0.39, 0.29) is 12.2 Å². The van der Waals surface area contributed by atoms with E-state index in [0.717, 1.165) is 17.7 Å². The monoisotopic (exact) mass is 265 g/mol. The maximum Gasteiger partial charge on any atom is 0.324 e. The van der Waals surface area contributed by atoms with Crippen LogP contribution in [0.4, 0.5) is 0 Å². The average molecular weight is 265 g/mol. The van der Waals surface area contributed by atoms with E-state index in [1.54, 1.807) is 13.1 Å². The number of para-hydroxylation sites is 1. The molecule has 1 heterocycles. The van der Waals surface area contributed by atoms with Crippen LogP contribution in [0.25, 0.3) is 0 Å². The van der Waals surface area contributed by atoms with Gasteiger partial charge in [0, 0.05) is 12.0 Å². The second kappa shape index (κ2) is 5.09. The maximum atomic E-state index is 10.9. The average Bonchev–Trinajstić information content (AvgIpc) is 2.64. The molecule has 2 rings (SSSR count). The fraction of sp³-hybridized carbons (Fsp3) is 0.500. The third-order valence-corrected chi connectivity index (χ3v) is 3.11. The lowest BCUT2D eigenvalue weighted by Gasteiger charge is -2.19. The molecule has 2 N–H and O–H groups in total. The minimum Gasteiger partial charge on any atom is -0.487 e. The standard InChI is InChI=1S/C14H19NO4/c1-14(2)7-9-5-4-6-11(12(9)19-14)18-8-10(15-3)13(16)17/h4-6,10,15H,7-8H2,1-3H3,(H,16,17). The lowest BCUT2D eigenvalue weighted by molar-refractivity contribution is -0.140. The van der Waals surface area contributed by atoms with Crippen molar-refractivity contribution >= 4 is 5.97 Å². The van der Waals surface area contributed by atoms with Gasteiger partial charge in [0.05, 0.1) is 0 Å². The lowest BCUT2D eigenvalue weighted by atomic mass is 10.0. The number of carbonyl (C=O) groups is 1. The Kier molecular flexibility index (Phi) is 3.66. The molecule has 5 nitrogen and oxygen atoms in total. The van der Waals surface area contributed by atoms with E-state index >= 15 is 0 Å². The first-order valence-electron chi connectivity index (χ1n) is 6.27. The van der Waals surface area contributed by atoms with E-state index in [2.05, 4.69) is 5.32 Å². The molecule has 0 fully saturated rings. The number of likely N-dealkylation sites (N-methyl/N-ethyl adjacent to an activating group) is 1. The summed E-state index contributed by atoms with van der Waals surface area (Å²) in [6.45, 7) is 4.10. The van der Waals surface area contributed by atoms with Gasteiger partial charge in [-0.25, -0.2) is 0 Å². The van der Waals surface area contributed by atoms with Gasteiger partial charge in [-0.2, -0.15) is 0 Å². The first-order chi connectivity index (χ1) is 8.93. The van der Waals surface area contributed by atoms with Gasteiger partial charge in [0.1, 0.15) is 18.2 Å². The highest BCUT2D eigenvalue weighted by Gasteiger charge is 2.32. The van der Waals surface area contributed by atoms with Crippen LogP contribution in [-0.2, 0) is 11.2 Å². The second-order valence-corrected chi connectivity index (χ2v) is 5.27. The summed E-state index contributed by atoms with van der Waals surface area (Å²) in [4.78, 5) is 10.9. The summed E-state index contributed by atoms with van der Waals surface area (Å²) in [5.74, 6) is 0.397. The Morgan fingerprint density at radius 1 is 1.58 bits per heavy atom. The molecule has 0 radical (unpaired) electrons. The molecule has 0 spiro atoms. The van der Waals surface area contributed by atoms with Crippen LogP contribution in [0.1, 0.15) is 19.4 Å². The van der Waals surface area contributed by atoms with Crippen LogP contribution in [0.5, 0.6) is 11.5 Å². The molecule has 5 heteroatoms. The molecule has 1 aromatic carbocycles. The number of hydrogen-bond donors (Lipinski definition) is 2. The van der Waals surface area contributed by atoms with Gasteiger partial charge in [-0.1, -0.05) is 12.1 Å². The molecule has 0 saturated heterocycles. The van der Waals surface area contributed by atoms with Crippen molar-refractivity contribution in [1.82, 2.24) is 5.32 Å². The van der Waals surface area contributed by atoms with Crippen molar-refractivity contribution in [2.24, 2.45) is 0 Å². The summed E-state index contributed by atoms with van der Waals surface area (Å²) in [5, 5.41) is 11.6. The van der Waals surface area contributed by atoms with E-state index in [0.29, 0.717) is 5.75 Å². The number of fused-ring (bicyclic) bond motifs is 1. The Hall–Kier alpha value is -1.75. The molecule has 19 heavy (non-hydrogen) atoms.